The van der Waals surface area contributed by atoms with E-state index in [9.17, 15) is 4.79 Å². The molecule has 0 aliphatic rings. The standard InChI is InChI=1S/C19H13BrN2O2/c1-24-19(23)16-17(11-5-3-2-4-6-11)21-10-14-13-9-12(20)7-8-15(13)22-18(14)16/h2-10,22H,1H3. The van der Waals surface area contributed by atoms with Crippen LogP contribution in [-0.4, -0.2) is 23.0 Å². The molecule has 0 spiro atoms. The Morgan fingerprint density at radius 1 is 1.12 bits per heavy atom. The molecule has 24 heavy (non-hydrogen) atoms. The third kappa shape index (κ3) is 2.29. The van der Waals surface area contributed by atoms with Crippen molar-refractivity contribution in [2.45, 2.75) is 0 Å². The van der Waals surface area contributed by atoms with Crippen molar-refractivity contribution in [3.63, 3.8) is 0 Å². The van der Waals surface area contributed by atoms with Gasteiger partial charge in [-0.15, -0.1) is 0 Å². The van der Waals surface area contributed by atoms with E-state index in [0.29, 0.717) is 11.3 Å². The van der Waals surface area contributed by atoms with E-state index in [0.717, 1.165) is 31.8 Å². The number of fused-ring (bicyclic) bond motifs is 3. The molecule has 0 fully saturated rings. The summed E-state index contributed by atoms with van der Waals surface area (Å²) in [7, 11) is 1.38. The maximum absolute atomic E-state index is 12.5. The summed E-state index contributed by atoms with van der Waals surface area (Å²) >= 11 is 3.49. The lowest BCUT2D eigenvalue weighted by atomic mass is 10.0. The number of pyridine rings is 1. The van der Waals surface area contributed by atoms with E-state index < -0.39 is 5.97 Å². The molecule has 0 saturated carbocycles. The van der Waals surface area contributed by atoms with Gasteiger partial charge in [-0.25, -0.2) is 4.79 Å². The molecule has 4 nitrogen and oxygen atoms in total. The Labute approximate surface area is 146 Å². The van der Waals surface area contributed by atoms with E-state index in [2.05, 4.69) is 25.9 Å². The SMILES string of the molecule is COC(=O)c1c(-c2ccccc2)ncc2c1[nH]c1ccc(Br)cc12. The molecule has 0 aliphatic heterocycles. The molecular weight excluding hydrogens is 368 g/mol. The highest BCUT2D eigenvalue weighted by molar-refractivity contribution is 9.10. The average Bonchev–Trinajstić information content (AvgIpc) is 2.98. The van der Waals surface area contributed by atoms with E-state index in [1.54, 1.807) is 6.20 Å². The molecule has 5 heteroatoms. The minimum Gasteiger partial charge on any atom is -0.465 e. The molecule has 118 valence electrons. The minimum atomic E-state index is -0.405. The molecular formula is C19H13BrN2O2. The smallest absolute Gasteiger partial charge is 0.342 e. The number of hydrogen-bond acceptors (Lipinski definition) is 3. The molecule has 2 aromatic carbocycles. The van der Waals surface area contributed by atoms with Crippen molar-refractivity contribution >= 4 is 43.7 Å². The van der Waals surface area contributed by atoms with Gasteiger partial charge in [0.25, 0.3) is 0 Å². The highest BCUT2D eigenvalue weighted by Gasteiger charge is 2.21. The Morgan fingerprint density at radius 2 is 1.92 bits per heavy atom. The van der Waals surface area contributed by atoms with Gasteiger partial charge in [0.05, 0.1) is 18.3 Å². The molecule has 0 aliphatic carbocycles. The number of carbonyl (C=O) groups excluding carboxylic acids is 1. The molecule has 2 heterocycles. The Morgan fingerprint density at radius 3 is 2.67 bits per heavy atom. The first-order valence-electron chi connectivity index (χ1n) is 7.42. The van der Waals surface area contributed by atoms with Gasteiger partial charge < -0.3 is 9.72 Å². The number of ether oxygens (including phenoxy) is 1. The van der Waals surface area contributed by atoms with Gasteiger partial charge in [0.1, 0.15) is 5.56 Å². The first-order valence-corrected chi connectivity index (χ1v) is 8.22. The van der Waals surface area contributed by atoms with Gasteiger partial charge >= 0.3 is 5.97 Å². The number of esters is 1. The third-order valence-electron chi connectivity index (χ3n) is 4.05. The largest absolute Gasteiger partial charge is 0.465 e. The molecule has 0 amide bonds. The van der Waals surface area contributed by atoms with Crippen LogP contribution in [0.1, 0.15) is 10.4 Å². The van der Waals surface area contributed by atoms with Gasteiger partial charge in [-0.3, -0.25) is 4.98 Å². The first kappa shape index (κ1) is 14.9. The fourth-order valence-electron chi connectivity index (χ4n) is 2.94. The van der Waals surface area contributed by atoms with Crippen LogP contribution in [0.5, 0.6) is 0 Å². The molecule has 1 N–H and O–H groups in total. The van der Waals surface area contributed by atoms with Gasteiger partial charge in [-0.05, 0) is 18.2 Å². The predicted octanol–water partition coefficient (Wildman–Crippen LogP) is 4.93. The second kappa shape index (κ2) is 5.76. The van der Waals surface area contributed by atoms with Crippen molar-refractivity contribution < 1.29 is 9.53 Å². The first-order chi connectivity index (χ1) is 11.7. The van der Waals surface area contributed by atoms with Gasteiger partial charge in [0.2, 0.25) is 0 Å². The number of methoxy groups -OCH3 is 1. The fraction of sp³-hybridized carbons (Fsp3) is 0.0526. The Balaban J connectivity index is 2.11. The molecule has 0 radical (unpaired) electrons. The van der Waals surface area contributed by atoms with Crippen molar-refractivity contribution in [1.29, 1.82) is 0 Å². The second-order valence-corrected chi connectivity index (χ2v) is 6.36. The van der Waals surface area contributed by atoms with Crippen LogP contribution in [0.4, 0.5) is 0 Å². The van der Waals surface area contributed by atoms with Crippen molar-refractivity contribution in [3.8, 4) is 11.3 Å². The normalized spacial score (nSPS) is 11.1. The van der Waals surface area contributed by atoms with Crippen molar-refractivity contribution in [2.24, 2.45) is 0 Å². The number of nitrogens with zero attached hydrogens (tertiary/aromatic N) is 1. The zero-order chi connectivity index (χ0) is 16.7. The summed E-state index contributed by atoms with van der Waals surface area (Å²) < 4.78 is 5.99. The van der Waals surface area contributed by atoms with Crippen LogP contribution in [0.25, 0.3) is 33.1 Å². The summed E-state index contributed by atoms with van der Waals surface area (Å²) in [6.45, 7) is 0. The summed E-state index contributed by atoms with van der Waals surface area (Å²) in [5.74, 6) is -0.405. The van der Waals surface area contributed by atoms with E-state index in [4.69, 9.17) is 4.74 Å². The van der Waals surface area contributed by atoms with Crippen molar-refractivity contribution in [3.05, 3.63) is 64.8 Å². The topological polar surface area (TPSA) is 55.0 Å². The number of aromatic nitrogens is 2. The number of hydrogen-bond donors (Lipinski definition) is 1. The van der Waals surface area contributed by atoms with Crippen molar-refractivity contribution in [2.75, 3.05) is 7.11 Å². The lowest BCUT2D eigenvalue weighted by molar-refractivity contribution is 0.0603. The Bertz CT molecular complexity index is 1070. The van der Waals surface area contributed by atoms with Crippen LogP contribution < -0.4 is 0 Å². The monoisotopic (exact) mass is 380 g/mol. The van der Waals surface area contributed by atoms with E-state index >= 15 is 0 Å². The quantitative estimate of drug-likeness (QED) is 0.501. The van der Waals surface area contributed by atoms with Gasteiger partial charge in [0.15, 0.2) is 0 Å². The van der Waals surface area contributed by atoms with Crippen LogP contribution in [0.15, 0.2) is 59.2 Å². The summed E-state index contributed by atoms with van der Waals surface area (Å²) in [4.78, 5) is 20.4. The predicted molar refractivity (Wildman–Crippen MR) is 98.1 cm³/mol. The number of aromatic amines is 1. The maximum atomic E-state index is 12.5. The highest BCUT2D eigenvalue weighted by Crippen LogP contribution is 2.33. The lowest BCUT2D eigenvalue weighted by Gasteiger charge is -2.08. The van der Waals surface area contributed by atoms with E-state index in [-0.39, 0.29) is 0 Å². The Kier molecular flexibility index (Phi) is 3.58. The van der Waals surface area contributed by atoms with Gasteiger partial charge in [0, 0.05) is 32.5 Å². The number of halogens is 1. The zero-order valence-corrected chi connectivity index (χ0v) is 14.4. The fourth-order valence-corrected chi connectivity index (χ4v) is 3.31. The number of H-pyrrole nitrogens is 1. The number of nitrogens with one attached hydrogen (secondary N) is 1. The van der Waals surface area contributed by atoms with Crippen LogP contribution in [0.3, 0.4) is 0 Å². The second-order valence-electron chi connectivity index (χ2n) is 5.44. The molecule has 0 saturated heterocycles. The zero-order valence-electron chi connectivity index (χ0n) is 12.8. The van der Waals surface area contributed by atoms with Crippen molar-refractivity contribution in [1.82, 2.24) is 9.97 Å². The van der Waals surface area contributed by atoms with E-state index in [1.807, 2.05) is 48.5 Å². The molecule has 0 unspecified atom stereocenters. The Hall–Kier alpha value is -2.66. The maximum Gasteiger partial charge on any atom is 0.342 e. The summed E-state index contributed by atoms with van der Waals surface area (Å²) in [6, 6.07) is 15.6. The van der Waals surface area contributed by atoms with Crippen LogP contribution in [-0.2, 0) is 4.74 Å². The van der Waals surface area contributed by atoms with Gasteiger partial charge in [-0.2, -0.15) is 0 Å². The van der Waals surface area contributed by atoms with E-state index in [1.165, 1.54) is 7.11 Å². The summed E-state index contributed by atoms with van der Waals surface area (Å²) in [6.07, 6.45) is 1.80. The number of benzene rings is 2. The number of rotatable bonds is 2. The molecule has 4 rings (SSSR count). The molecule has 0 atom stereocenters. The lowest BCUT2D eigenvalue weighted by Crippen LogP contribution is -2.06. The molecule has 0 bridgehead atoms. The van der Waals surface area contributed by atoms with Crippen LogP contribution >= 0.6 is 15.9 Å². The summed E-state index contributed by atoms with van der Waals surface area (Å²) in [5.41, 5.74) is 3.63. The third-order valence-corrected chi connectivity index (χ3v) is 4.54. The van der Waals surface area contributed by atoms with Crippen LogP contribution in [0, 0.1) is 0 Å². The summed E-state index contributed by atoms with van der Waals surface area (Å²) in [5, 5.41) is 1.91. The molecule has 2 aromatic heterocycles. The minimum absolute atomic E-state index is 0.405. The van der Waals surface area contributed by atoms with Gasteiger partial charge in [-0.1, -0.05) is 46.3 Å². The average molecular weight is 381 g/mol. The number of carbonyl (C=O) groups is 1. The molecule has 4 aromatic rings. The highest BCUT2D eigenvalue weighted by atomic mass is 79.9. The van der Waals surface area contributed by atoms with Crippen LogP contribution in [0.2, 0.25) is 0 Å².